The summed E-state index contributed by atoms with van der Waals surface area (Å²) in [7, 11) is -3.77. The van der Waals surface area contributed by atoms with Crippen molar-refractivity contribution in [2.45, 2.75) is 31.6 Å². The topological polar surface area (TPSA) is 92.8 Å². The van der Waals surface area contributed by atoms with E-state index in [1.54, 1.807) is 17.1 Å². The van der Waals surface area contributed by atoms with Crippen LogP contribution in [0.4, 0.5) is 5.69 Å². The Morgan fingerprint density at radius 2 is 1.74 bits per heavy atom. The second kappa shape index (κ2) is 10.6. The fraction of sp³-hybridized carbons (Fsp3) is 0.429. The fourth-order valence-corrected chi connectivity index (χ4v) is 7.21. The van der Waals surface area contributed by atoms with Crippen LogP contribution in [0.25, 0.3) is 0 Å². The van der Waals surface area contributed by atoms with Crippen LogP contribution in [0.15, 0.2) is 34.5 Å². The summed E-state index contributed by atoms with van der Waals surface area (Å²) >= 11 is 2.70. The van der Waals surface area contributed by atoms with Crippen LogP contribution in [0.3, 0.4) is 0 Å². The van der Waals surface area contributed by atoms with Crippen molar-refractivity contribution in [3.63, 3.8) is 0 Å². The van der Waals surface area contributed by atoms with Crippen LogP contribution >= 0.6 is 23.1 Å². The van der Waals surface area contributed by atoms with Crippen LogP contribution in [0, 0.1) is 0 Å². The molecule has 1 fully saturated rings. The molecule has 1 aromatic carbocycles. The van der Waals surface area contributed by atoms with Gasteiger partial charge in [0, 0.05) is 30.3 Å². The molecule has 3 rings (SSSR count). The number of nitrogens with zero attached hydrogens (tertiary/aromatic N) is 1. The molecule has 0 unspecified atom stereocenters. The van der Waals surface area contributed by atoms with Gasteiger partial charge in [-0.05, 0) is 35.4 Å². The molecule has 31 heavy (non-hydrogen) atoms. The lowest BCUT2D eigenvalue weighted by atomic mass is 10.0. The zero-order valence-corrected chi connectivity index (χ0v) is 20.0. The lowest BCUT2D eigenvalue weighted by Crippen LogP contribution is -2.38. The maximum atomic E-state index is 12.9. The molecule has 1 N–H and O–H groups in total. The van der Waals surface area contributed by atoms with Crippen molar-refractivity contribution in [1.82, 2.24) is 4.31 Å². The van der Waals surface area contributed by atoms with E-state index in [-0.39, 0.29) is 9.77 Å². The summed E-state index contributed by atoms with van der Waals surface area (Å²) < 4.78 is 32.4. The summed E-state index contributed by atoms with van der Waals surface area (Å²) in [6.45, 7) is 4.35. The molecule has 1 aliphatic heterocycles. The Morgan fingerprint density at radius 3 is 2.35 bits per heavy atom. The zero-order valence-electron chi connectivity index (χ0n) is 17.5. The highest BCUT2D eigenvalue weighted by molar-refractivity contribution is 7.99. The van der Waals surface area contributed by atoms with Gasteiger partial charge >= 0.3 is 5.97 Å². The number of anilines is 1. The molecule has 0 radical (unpaired) electrons. The standard InChI is InChI=1S/C21H26N2O5S3/c1-3-15-6-5-7-16(4-2)19(15)22-18(24)14-28-21(25)20-17(8-11-30-20)31(26,27)23-9-12-29-13-10-23/h5-8,11H,3-4,9-10,12-14H2,1-2H3,(H,22,24). The van der Waals surface area contributed by atoms with E-state index in [1.165, 1.54) is 10.4 Å². The van der Waals surface area contributed by atoms with Crippen LogP contribution in [-0.2, 0) is 32.4 Å². The maximum Gasteiger partial charge on any atom is 0.350 e. The van der Waals surface area contributed by atoms with Crippen molar-refractivity contribution in [2.75, 3.05) is 36.5 Å². The van der Waals surface area contributed by atoms with Crippen LogP contribution in [-0.4, -0.2) is 55.8 Å². The van der Waals surface area contributed by atoms with E-state index in [9.17, 15) is 18.0 Å². The Bertz CT molecular complexity index is 1020. The second-order valence-corrected chi connectivity index (χ2v) is 11.0. The molecular weight excluding hydrogens is 456 g/mol. The van der Waals surface area contributed by atoms with Gasteiger partial charge in [-0.15, -0.1) is 11.3 Å². The summed E-state index contributed by atoms with van der Waals surface area (Å²) in [4.78, 5) is 25.0. The first-order chi connectivity index (χ1) is 14.9. The molecule has 1 amide bonds. The molecule has 0 atom stereocenters. The fourth-order valence-electron chi connectivity index (χ4n) is 3.35. The average molecular weight is 483 g/mol. The van der Waals surface area contributed by atoms with Gasteiger partial charge < -0.3 is 10.1 Å². The van der Waals surface area contributed by atoms with Crippen molar-refractivity contribution in [3.8, 4) is 0 Å². The number of carbonyl (C=O) groups is 2. The lowest BCUT2D eigenvalue weighted by molar-refractivity contribution is -0.119. The number of hydrogen-bond acceptors (Lipinski definition) is 7. The molecule has 2 heterocycles. The smallest absolute Gasteiger partial charge is 0.350 e. The predicted molar refractivity (Wildman–Crippen MR) is 125 cm³/mol. The van der Waals surface area contributed by atoms with Crippen LogP contribution in [0.1, 0.15) is 34.6 Å². The van der Waals surface area contributed by atoms with Crippen molar-refractivity contribution < 1.29 is 22.7 Å². The van der Waals surface area contributed by atoms with Gasteiger partial charge in [0.25, 0.3) is 5.91 Å². The molecule has 2 aromatic rings. The number of thioether (sulfide) groups is 1. The Labute approximate surface area is 191 Å². The largest absolute Gasteiger partial charge is 0.451 e. The van der Waals surface area contributed by atoms with Crippen LogP contribution in [0.2, 0.25) is 0 Å². The number of hydrogen-bond donors (Lipinski definition) is 1. The van der Waals surface area contributed by atoms with Crippen molar-refractivity contribution in [1.29, 1.82) is 0 Å². The summed E-state index contributed by atoms with van der Waals surface area (Å²) in [6, 6.07) is 7.27. The average Bonchev–Trinajstić information content (AvgIpc) is 3.29. The molecular formula is C21H26N2O5S3. The third kappa shape index (κ3) is 5.49. The first kappa shape index (κ1) is 23.8. The van der Waals surface area contributed by atoms with E-state index in [1.807, 2.05) is 32.0 Å². The normalized spacial score (nSPS) is 14.9. The first-order valence-electron chi connectivity index (χ1n) is 10.1. The number of para-hydroxylation sites is 1. The molecule has 0 aliphatic carbocycles. The molecule has 0 spiro atoms. The summed E-state index contributed by atoms with van der Waals surface area (Å²) in [5.41, 5.74) is 2.76. The molecule has 1 aromatic heterocycles. The quantitative estimate of drug-likeness (QED) is 0.580. The molecule has 7 nitrogen and oxygen atoms in total. The molecule has 0 saturated carbocycles. The van der Waals surface area contributed by atoms with Crippen LogP contribution in [0.5, 0.6) is 0 Å². The lowest BCUT2D eigenvalue weighted by Gasteiger charge is -2.25. The third-order valence-corrected chi connectivity index (χ3v) is 8.91. The zero-order chi connectivity index (χ0) is 22.4. The van der Waals surface area contributed by atoms with E-state index in [0.29, 0.717) is 13.1 Å². The molecule has 1 saturated heterocycles. The van der Waals surface area contributed by atoms with Gasteiger partial charge in [0.1, 0.15) is 9.77 Å². The van der Waals surface area contributed by atoms with E-state index in [2.05, 4.69) is 5.32 Å². The molecule has 168 valence electrons. The van der Waals surface area contributed by atoms with E-state index in [4.69, 9.17) is 4.74 Å². The Kier molecular flexibility index (Phi) is 8.15. The van der Waals surface area contributed by atoms with Crippen molar-refractivity contribution in [3.05, 3.63) is 45.6 Å². The van der Waals surface area contributed by atoms with E-state index < -0.39 is 28.5 Å². The van der Waals surface area contributed by atoms with E-state index in [0.717, 1.165) is 52.5 Å². The monoisotopic (exact) mass is 482 g/mol. The summed E-state index contributed by atoms with van der Waals surface area (Å²) in [5, 5.41) is 4.39. The number of rotatable bonds is 8. The third-order valence-electron chi connectivity index (χ3n) is 5.00. The van der Waals surface area contributed by atoms with Crippen molar-refractivity contribution >= 4 is 50.7 Å². The Balaban J connectivity index is 1.68. The van der Waals surface area contributed by atoms with Gasteiger partial charge in [-0.1, -0.05) is 32.0 Å². The highest BCUT2D eigenvalue weighted by atomic mass is 32.2. The minimum Gasteiger partial charge on any atom is -0.451 e. The number of aryl methyl sites for hydroxylation is 2. The minimum absolute atomic E-state index is 0.00534. The molecule has 10 heteroatoms. The van der Waals surface area contributed by atoms with Gasteiger partial charge in [-0.2, -0.15) is 16.1 Å². The van der Waals surface area contributed by atoms with E-state index >= 15 is 0 Å². The molecule has 0 bridgehead atoms. The van der Waals surface area contributed by atoms with Gasteiger partial charge in [0.15, 0.2) is 6.61 Å². The number of esters is 1. The van der Waals surface area contributed by atoms with Crippen molar-refractivity contribution in [2.24, 2.45) is 0 Å². The van der Waals surface area contributed by atoms with Gasteiger partial charge in [0.05, 0.1) is 0 Å². The second-order valence-electron chi connectivity index (χ2n) is 6.91. The molecule has 1 aliphatic rings. The maximum absolute atomic E-state index is 12.9. The highest BCUT2D eigenvalue weighted by Gasteiger charge is 2.31. The van der Waals surface area contributed by atoms with Gasteiger partial charge in [-0.3, -0.25) is 4.79 Å². The predicted octanol–water partition coefficient (Wildman–Crippen LogP) is 3.41. The SMILES string of the molecule is CCc1cccc(CC)c1NC(=O)COC(=O)c1sccc1S(=O)(=O)N1CCSCC1. The van der Waals surface area contributed by atoms with Crippen LogP contribution < -0.4 is 5.32 Å². The summed E-state index contributed by atoms with van der Waals surface area (Å²) in [6.07, 6.45) is 1.52. The number of ether oxygens (including phenoxy) is 1. The Morgan fingerprint density at radius 1 is 1.10 bits per heavy atom. The number of thiophene rings is 1. The first-order valence-corrected chi connectivity index (χ1v) is 13.6. The highest BCUT2D eigenvalue weighted by Crippen LogP contribution is 2.28. The van der Waals surface area contributed by atoms with Gasteiger partial charge in [-0.25, -0.2) is 13.2 Å². The summed E-state index contributed by atoms with van der Waals surface area (Å²) in [5.74, 6) is 0.178. The van der Waals surface area contributed by atoms with Gasteiger partial charge in [0.2, 0.25) is 10.0 Å². The number of amides is 1. The number of benzene rings is 1. The number of nitrogens with one attached hydrogen (secondary N) is 1. The number of carbonyl (C=O) groups excluding carboxylic acids is 2. The Hall–Kier alpha value is -1.88. The number of sulfonamides is 1. The minimum atomic E-state index is -3.77.